The topological polar surface area (TPSA) is 49.4 Å². The van der Waals surface area contributed by atoms with Gasteiger partial charge < -0.3 is 10.2 Å². The smallest absolute Gasteiger partial charge is 0.226 e. The van der Waals surface area contributed by atoms with Gasteiger partial charge in [-0.1, -0.05) is 18.2 Å². The number of carbonyl (C=O) groups is 2. The number of benzene rings is 1. The number of hydrogen-bond donors (Lipinski definition) is 1. The van der Waals surface area contributed by atoms with Crippen molar-refractivity contribution in [3.8, 4) is 0 Å². The van der Waals surface area contributed by atoms with Crippen LogP contribution in [0.5, 0.6) is 0 Å². The van der Waals surface area contributed by atoms with Gasteiger partial charge in [0.2, 0.25) is 11.8 Å². The van der Waals surface area contributed by atoms with Crippen LogP contribution in [0.1, 0.15) is 25.7 Å². The molecule has 1 fully saturated rings. The minimum atomic E-state index is -0.0421. The van der Waals surface area contributed by atoms with Crippen LogP contribution < -0.4 is 5.32 Å². The van der Waals surface area contributed by atoms with E-state index in [1.165, 1.54) is 0 Å². The molecule has 1 heterocycles. The van der Waals surface area contributed by atoms with Gasteiger partial charge in [-0.3, -0.25) is 9.59 Å². The van der Waals surface area contributed by atoms with Gasteiger partial charge in [-0.25, -0.2) is 0 Å². The van der Waals surface area contributed by atoms with Crippen LogP contribution in [0.15, 0.2) is 30.3 Å². The maximum atomic E-state index is 11.7. The first-order valence-electron chi connectivity index (χ1n) is 6.38. The van der Waals surface area contributed by atoms with Crippen molar-refractivity contribution in [2.24, 2.45) is 0 Å². The number of nitrogens with zero attached hydrogens (tertiary/aromatic N) is 1. The fourth-order valence-corrected chi connectivity index (χ4v) is 2.08. The molecule has 1 aromatic rings. The number of likely N-dealkylation sites (tertiary alicyclic amines) is 1. The van der Waals surface area contributed by atoms with Crippen molar-refractivity contribution in [1.82, 2.24) is 4.90 Å². The molecule has 1 N–H and O–H groups in total. The predicted molar refractivity (Wildman–Crippen MR) is 70.1 cm³/mol. The molecule has 96 valence electrons. The molecule has 0 aromatic heterocycles. The highest BCUT2D eigenvalue weighted by Gasteiger charge is 2.18. The Morgan fingerprint density at radius 1 is 1.22 bits per heavy atom. The molecule has 0 bridgehead atoms. The lowest BCUT2D eigenvalue weighted by Gasteiger charge is -2.26. The van der Waals surface area contributed by atoms with Crippen LogP contribution >= 0.6 is 0 Å². The highest BCUT2D eigenvalue weighted by atomic mass is 16.2. The van der Waals surface area contributed by atoms with Gasteiger partial charge in [-0.15, -0.1) is 0 Å². The van der Waals surface area contributed by atoms with E-state index in [0.29, 0.717) is 19.4 Å². The lowest BCUT2D eigenvalue weighted by molar-refractivity contribution is -0.133. The van der Waals surface area contributed by atoms with Gasteiger partial charge in [0.15, 0.2) is 0 Å². The molecule has 0 atom stereocenters. The summed E-state index contributed by atoms with van der Waals surface area (Å²) in [5, 5.41) is 2.82. The van der Waals surface area contributed by atoms with Gasteiger partial charge in [0, 0.05) is 31.6 Å². The summed E-state index contributed by atoms with van der Waals surface area (Å²) < 4.78 is 0. The molecule has 1 saturated heterocycles. The molecule has 1 aliphatic rings. The molecule has 2 rings (SSSR count). The summed E-state index contributed by atoms with van der Waals surface area (Å²) in [6.45, 7) is 1.31. The number of rotatable bonds is 4. The summed E-state index contributed by atoms with van der Waals surface area (Å²) in [6.07, 6.45) is 3.01. The standard InChI is InChI=1S/C14H18N2O2/c17-13(15-12-6-2-1-3-7-12)9-11-16-10-5-4-8-14(16)18/h1-3,6-7H,4-5,8-11H2,(H,15,17). The van der Waals surface area contributed by atoms with Crippen molar-refractivity contribution in [3.63, 3.8) is 0 Å². The number of carbonyl (C=O) groups excluding carboxylic acids is 2. The lowest BCUT2D eigenvalue weighted by atomic mass is 10.1. The Morgan fingerprint density at radius 3 is 2.72 bits per heavy atom. The molecule has 0 spiro atoms. The van der Waals surface area contributed by atoms with Gasteiger partial charge in [-0.05, 0) is 25.0 Å². The molecule has 0 radical (unpaired) electrons. The van der Waals surface area contributed by atoms with E-state index in [4.69, 9.17) is 0 Å². The van der Waals surface area contributed by atoms with Gasteiger partial charge in [-0.2, -0.15) is 0 Å². The Morgan fingerprint density at radius 2 is 2.00 bits per heavy atom. The van der Waals surface area contributed by atoms with Crippen LogP contribution in [-0.2, 0) is 9.59 Å². The SMILES string of the molecule is O=C(CCN1CCCCC1=O)Nc1ccccc1. The van der Waals surface area contributed by atoms with Gasteiger partial charge >= 0.3 is 0 Å². The third-order valence-electron chi connectivity index (χ3n) is 3.09. The van der Waals surface area contributed by atoms with Gasteiger partial charge in [0.25, 0.3) is 0 Å². The first-order valence-corrected chi connectivity index (χ1v) is 6.38. The van der Waals surface area contributed by atoms with Crippen LogP contribution in [-0.4, -0.2) is 29.8 Å². The Bertz CT molecular complexity index is 417. The molecule has 4 heteroatoms. The zero-order valence-electron chi connectivity index (χ0n) is 10.4. The summed E-state index contributed by atoms with van der Waals surface area (Å²) >= 11 is 0. The van der Waals surface area contributed by atoms with E-state index in [-0.39, 0.29) is 11.8 Å². The molecule has 0 aliphatic carbocycles. The highest BCUT2D eigenvalue weighted by molar-refractivity contribution is 5.91. The number of anilines is 1. The van der Waals surface area contributed by atoms with Crippen LogP contribution in [0.2, 0.25) is 0 Å². The van der Waals surface area contributed by atoms with Gasteiger partial charge in [0.1, 0.15) is 0 Å². The molecule has 0 saturated carbocycles. The van der Waals surface area contributed by atoms with Crippen molar-refractivity contribution >= 4 is 17.5 Å². The molecule has 4 nitrogen and oxygen atoms in total. The lowest BCUT2D eigenvalue weighted by Crippen LogP contribution is -2.37. The Balaban J connectivity index is 1.76. The van der Waals surface area contributed by atoms with Crippen LogP contribution in [0, 0.1) is 0 Å². The summed E-state index contributed by atoms with van der Waals surface area (Å²) in [6, 6.07) is 9.36. The van der Waals surface area contributed by atoms with Crippen molar-refractivity contribution in [2.45, 2.75) is 25.7 Å². The van der Waals surface area contributed by atoms with Crippen molar-refractivity contribution in [1.29, 1.82) is 0 Å². The van der Waals surface area contributed by atoms with E-state index in [9.17, 15) is 9.59 Å². The quantitative estimate of drug-likeness (QED) is 0.883. The van der Waals surface area contributed by atoms with Crippen molar-refractivity contribution < 1.29 is 9.59 Å². The van der Waals surface area contributed by atoms with Crippen molar-refractivity contribution in [3.05, 3.63) is 30.3 Å². The maximum Gasteiger partial charge on any atom is 0.226 e. The van der Waals surface area contributed by atoms with E-state index in [2.05, 4.69) is 5.32 Å². The summed E-state index contributed by atoms with van der Waals surface area (Å²) in [5.41, 5.74) is 0.799. The molecular formula is C14H18N2O2. The third kappa shape index (κ3) is 3.58. The number of amides is 2. The minimum Gasteiger partial charge on any atom is -0.342 e. The van der Waals surface area contributed by atoms with E-state index in [1.807, 2.05) is 30.3 Å². The van der Waals surface area contributed by atoms with E-state index in [1.54, 1.807) is 4.90 Å². The normalized spacial score (nSPS) is 15.6. The van der Waals surface area contributed by atoms with Gasteiger partial charge in [0.05, 0.1) is 0 Å². The largest absolute Gasteiger partial charge is 0.342 e. The Kier molecular flexibility index (Phi) is 4.34. The first-order chi connectivity index (χ1) is 8.75. The Hall–Kier alpha value is -1.84. The molecule has 18 heavy (non-hydrogen) atoms. The third-order valence-corrected chi connectivity index (χ3v) is 3.09. The van der Waals surface area contributed by atoms with Crippen LogP contribution in [0.4, 0.5) is 5.69 Å². The predicted octanol–water partition coefficient (Wildman–Crippen LogP) is 2.03. The number of hydrogen-bond acceptors (Lipinski definition) is 2. The average molecular weight is 246 g/mol. The molecule has 0 unspecified atom stereocenters. The number of para-hydroxylation sites is 1. The fourth-order valence-electron chi connectivity index (χ4n) is 2.08. The van der Waals surface area contributed by atoms with Crippen LogP contribution in [0.25, 0.3) is 0 Å². The monoisotopic (exact) mass is 246 g/mol. The first kappa shape index (κ1) is 12.6. The molecule has 1 aliphatic heterocycles. The minimum absolute atomic E-state index is 0.0421. The van der Waals surface area contributed by atoms with E-state index in [0.717, 1.165) is 25.1 Å². The van der Waals surface area contributed by atoms with E-state index >= 15 is 0 Å². The fraction of sp³-hybridized carbons (Fsp3) is 0.429. The summed E-state index contributed by atoms with van der Waals surface area (Å²) in [5.74, 6) is 0.133. The second kappa shape index (κ2) is 6.19. The molecule has 1 aromatic carbocycles. The summed E-state index contributed by atoms with van der Waals surface area (Å²) in [7, 11) is 0. The Labute approximate surface area is 107 Å². The maximum absolute atomic E-state index is 11.7. The van der Waals surface area contributed by atoms with Crippen LogP contribution in [0.3, 0.4) is 0 Å². The summed E-state index contributed by atoms with van der Waals surface area (Å²) in [4.78, 5) is 25.1. The second-order valence-corrected chi connectivity index (χ2v) is 4.50. The van der Waals surface area contributed by atoms with E-state index < -0.39 is 0 Å². The highest BCUT2D eigenvalue weighted by Crippen LogP contribution is 2.11. The second-order valence-electron chi connectivity index (χ2n) is 4.50. The number of nitrogens with one attached hydrogen (secondary N) is 1. The number of piperidine rings is 1. The zero-order chi connectivity index (χ0) is 12.8. The molecular weight excluding hydrogens is 228 g/mol. The zero-order valence-corrected chi connectivity index (χ0v) is 10.4. The van der Waals surface area contributed by atoms with Crippen molar-refractivity contribution in [2.75, 3.05) is 18.4 Å². The molecule has 2 amide bonds. The average Bonchev–Trinajstić information content (AvgIpc) is 2.39.